The number of carbonyl (C=O) groups excluding carboxylic acids is 2. The fourth-order valence-corrected chi connectivity index (χ4v) is 3.20. The molecule has 0 radical (unpaired) electrons. The first-order valence-corrected chi connectivity index (χ1v) is 8.50. The van der Waals surface area contributed by atoms with Crippen LogP contribution in [0.3, 0.4) is 0 Å². The van der Waals surface area contributed by atoms with E-state index in [1.165, 1.54) is 11.3 Å². The minimum absolute atomic E-state index is 0.0765. The highest BCUT2D eigenvalue weighted by molar-refractivity contribution is 7.18. The predicted octanol–water partition coefficient (Wildman–Crippen LogP) is 4.19. The van der Waals surface area contributed by atoms with Crippen LogP contribution in [0.2, 0.25) is 4.34 Å². The van der Waals surface area contributed by atoms with Crippen molar-refractivity contribution < 1.29 is 9.59 Å². The molecule has 0 bridgehead atoms. The number of amides is 1. The molecular formula is C17H14ClN3O2S. The second-order valence-corrected chi connectivity index (χ2v) is 6.79. The van der Waals surface area contributed by atoms with Crippen LogP contribution < -0.4 is 5.32 Å². The molecule has 0 fully saturated rings. The van der Waals surface area contributed by atoms with Crippen molar-refractivity contribution in [2.24, 2.45) is 0 Å². The maximum atomic E-state index is 12.0. The topological polar surface area (TPSA) is 64.0 Å². The van der Waals surface area contributed by atoms with Gasteiger partial charge in [0.05, 0.1) is 14.9 Å². The maximum absolute atomic E-state index is 12.0. The molecule has 24 heavy (non-hydrogen) atoms. The van der Waals surface area contributed by atoms with E-state index in [1.54, 1.807) is 29.1 Å². The summed E-state index contributed by atoms with van der Waals surface area (Å²) < 4.78 is 2.28. The van der Waals surface area contributed by atoms with Crippen LogP contribution in [-0.4, -0.2) is 21.5 Å². The first-order valence-electron chi connectivity index (χ1n) is 7.30. The number of Topliss-reactive ketones (excluding diaryl/α,β-unsaturated/α-hetero) is 1. The van der Waals surface area contributed by atoms with E-state index >= 15 is 0 Å². The number of nitrogens with zero attached hydrogens (tertiary/aromatic N) is 2. The van der Waals surface area contributed by atoms with E-state index in [9.17, 15) is 9.59 Å². The number of hydrogen-bond acceptors (Lipinski definition) is 4. The minimum atomic E-state index is -0.205. The number of halogens is 1. The summed E-state index contributed by atoms with van der Waals surface area (Å²) in [6.45, 7) is 0. The molecule has 5 nitrogen and oxygen atoms in total. The van der Waals surface area contributed by atoms with Crippen LogP contribution in [0, 0.1) is 0 Å². The average molecular weight is 360 g/mol. The van der Waals surface area contributed by atoms with Crippen molar-refractivity contribution in [3.63, 3.8) is 0 Å². The van der Waals surface area contributed by atoms with Crippen molar-refractivity contribution >= 4 is 40.3 Å². The quantitative estimate of drug-likeness (QED) is 0.671. The molecule has 7 heteroatoms. The standard InChI is InChI=1S/C17H14ClN3O2S/c18-16-7-6-15(24-16)14(22)5-8-17(23)20-12-3-1-4-13(11-12)21-10-2-9-19-21/h1-4,6-7,9-11H,5,8H2,(H,20,23). The minimum Gasteiger partial charge on any atom is -0.326 e. The van der Waals surface area contributed by atoms with Gasteiger partial charge in [-0.2, -0.15) is 5.10 Å². The lowest BCUT2D eigenvalue weighted by molar-refractivity contribution is -0.116. The first kappa shape index (κ1) is 16.4. The van der Waals surface area contributed by atoms with Crippen LogP contribution in [0.4, 0.5) is 5.69 Å². The second-order valence-electron chi connectivity index (χ2n) is 5.08. The fraction of sp³-hybridized carbons (Fsp3) is 0.118. The van der Waals surface area contributed by atoms with Crippen molar-refractivity contribution in [3.8, 4) is 5.69 Å². The summed E-state index contributed by atoms with van der Waals surface area (Å²) in [4.78, 5) is 24.6. The average Bonchev–Trinajstić information content (AvgIpc) is 3.24. The van der Waals surface area contributed by atoms with Crippen molar-refractivity contribution in [1.29, 1.82) is 0 Å². The number of ketones is 1. The molecule has 3 rings (SSSR count). The number of aromatic nitrogens is 2. The lowest BCUT2D eigenvalue weighted by atomic mass is 10.2. The number of thiophene rings is 1. The summed E-state index contributed by atoms with van der Waals surface area (Å²) in [5, 5.41) is 6.95. The van der Waals surface area contributed by atoms with E-state index < -0.39 is 0 Å². The molecule has 0 aliphatic heterocycles. The summed E-state index contributed by atoms with van der Waals surface area (Å²) in [6, 6.07) is 12.5. The molecule has 2 aromatic heterocycles. The van der Waals surface area contributed by atoms with Crippen LogP contribution >= 0.6 is 22.9 Å². The zero-order chi connectivity index (χ0) is 16.9. The second kappa shape index (κ2) is 7.42. The summed E-state index contributed by atoms with van der Waals surface area (Å²) in [7, 11) is 0. The SMILES string of the molecule is O=C(CCC(=O)c1ccc(Cl)s1)Nc1cccc(-n2cccn2)c1. The Morgan fingerprint density at radius 3 is 2.75 bits per heavy atom. The van der Waals surface area contributed by atoms with Gasteiger partial charge in [-0.25, -0.2) is 4.68 Å². The molecule has 0 atom stereocenters. The number of anilines is 1. The molecule has 1 amide bonds. The summed E-state index contributed by atoms with van der Waals surface area (Å²) in [6.07, 6.45) is 3.79. The highest BCUT2D eigenvalue weighted by Crippen LogP contribution is 2.23. The fourth-order valence-electron chi connectivity index (χ4n) is 2.19. The van der Waals surface area contributed by atoms with Crippen LogP contribution in [-0.2, 0) is 4.79 Å². The van der Waals surface area contributed by atoms with Crippen LogP contribution in [0.15, 0.2) is 54.9 Å². The van der Waals surface area contributed by atoms with Crippen molar-refractivity contribution in [2.45, 2.75) is 12.8 Å². The monoisotopic (exact) mass is 359 g/mol. The third kappa shape index (κ3) is 4.10. The van der Waals surface area contributed by atoms with Crippen molar-refractivity contribution in [3.05, 3.63) is 64.1 Å². The van der Waals surface area contributed by atoms with Crippen LogP contribution in [0.5, 0.6) is 0 Å². The van der Waals surface area contributed by atoms with Gasteiger partial charge in [0.1, 0.15) is 0 Å². The summed E-state index contributed by atoms with van der Waals surface area (Å²) in [5.74, 6) is -0.282. The molecule has 1 N–H and O–H groups in total. The Labute approximate surface area is 147 Å². The predicted molar refractivity (Wildman–Crippen MR) is 95.1 cm³/mol. The Hall–Kier alpha value is -2.44. The molecule has 3 aromatic rings. The molecule has 0 aliphatic rings. The Bertz CT molecular complexity index is 858. The molecule has 0 unspecified atom stereocenters. The Balaban J connectivity index is 1.57. The summed E-state index contributed by atoms with van der Waals surface area (Å²) >= 11 is 7.04. The summed E-state index contributed by atoms with van der Waals surface area (Å²) in [5.41, 5.74) is 1.52. The number of rotatable bonds is 6. The molecule has 0 spiro atoms. The van der Waals surface area contributed by atoms with Gasteiger partial charge in [0.25, 0.3) is 0 Å². The van der Waals surface area contributed by atoms with Gasteiger partial charge in [-0.05, 0) is 36.4 Å². The van der Waals surface area contributed by atoms with E-state index in [4.69, 9.17) is 11.6 Å². The molecule has 2 heterocycles. The van der Waals surface area contributed by atoms with Gasteiger partial charge in [0, 0.05) is 30.9 Å². The Morgan fingerprint density at radius 1 is 1.17 bits per heavy atom. The van der Waals surface area contributed by atoms with E-state index in [0.29, 0.717) is 14.9 Å². The van der Waals surface area contributed by atoms with Gasteiger partial charge in [-0.1, -0.05) is 17.7 Å². The van der Waals surface area contributed by atoms with Crippen LogP contribution in [0.1, 0.15) is 22.5 Å². The van der Waals surface area contributed by atoms with Gasteiger partial charge >= 0.3 is 0 Å². The molecule has 1 aromatic carbocycles. The Morgan fingerprint density at radius 2 is 2.04 bits per heavy atom. The number of benzene rings is 1. The third-order valence-electron chi connectivity index (χ3n) is 3.33. The molecular weight excluding hydrogens is 346 g/mol. The number of hydrogen-bond donors (Lipinski definition) is 1. The number of carbonyl (C=O) groups is 2. The van der Waals surface area contributed by atoms with Crippen molar-refractivity contribution in [2.75, 3.05) is 5.32 Å². The van der Waals surface area contributed by atoms with E-state index in [0.717, 1.165) is 5.69 Å². The van der Waals surface area contributed by atoms with E-state index in [2.05, 4.69) is 10.4 Å². The molecule has 0 aliphatic carbocycles. The smallest absolute Gasteiger partial charge is 0.224 e. The largest absolute Gasteiger partial charge is 0.326 e. The normalized spacial score (nSPS) is 10.5. The first-order chi connectivity index (χ1) is 11.6. The zero-order valence-corrected chi connectivity index (χ0v) is 14.2. The maximum Gasteiger partial charge on any atom is 0.224 e. The molecule has 122 valence electrons. The highest BCUT2D eigenvalue weighted by atomic mass is 35.5. The van der Waals surface area contributed by atoms with Crippen LogP contribution in [0.25, 0.3) is 5.69 Å². The third-order valence-corrected chi connectivity index (χ3v) is 4.60. The van der Waals surface area contributed by atoms with E-state index in [1.807, 2.05) is 30.5 Å². The van der Waals surface area contributed by atoms with Gasteiger partial charge in [0.2, 0.25) is 5.91 Å². The molecule has 0 saturated carbocycles. The lowest BCUT2D eigenvalue weighted by Crippen LogP contribution is -2.13. The van der Waals surface area contributed by atoms with Gasteiger partial charge < -0.3 is 5.32 Å². The zero-order valence-electron chi connectivity index (χ0n) is 12.6. The highest BCUT2D eigenvalue weighted by Gasteiger charge is 2.12. The van der Waals surface area contributed by atoms with E-state index in [-0.39, 0.29) is 24.5 Å². The van der Waals surface area contributed by atoms with Crippen molar-refractivity contribution in [1.82, 2.24) is 9.78 Å². The van der Waals surface area contributed by atoms with Gasteiger partial charge in [-0.3, -0.25) is 9.59 Å². The lowest BCUT2D eigenvalue weighted by Gasteiger charge is -2.07. The molecule has 0 saturated heterocycles. The number of nitrogens with one attached hydrogen (secondary N) is 1. The van der Waals surface area contributed by atoms with Gasteiger partial charge in [0.15, 0.2) is 5.78 Å². The Kier molecular flexibility index (Phi) is 5.08. The van der Waals surface area contributed by atoms with Gasteiger partial charge in [-0.15, -0.1) is 11.3 Å².